The summed E-state index contributed by atoms with van der Waals surface area (Å²) in [4.78, 5) is 29.1. The Morgan fingerprint density at radius 1 is 0.902 bits per heavy atom. The lowest BCUT2D eigenvalue weighted by molar-refractivity contribution is -0.137. The van der Waals surface area contributed by atoms with Crippen LogP contribution in [-0.4, -0.2) is 69.9 Å². The first-order valence-corrected chi connectivity index (χ1v) is 14.4. The second-order valence-corrected chi connectivity index (χ2v) is 11.5. The third-order valence-corrected chi connectivity index (χ3v) is 8.35. The van der Waals surface area contributed by atoms with E-state index in [1.54, 1.807) is 12.1 Å². The van der Waals surface area contributed by atoms with Gasteiger partial charge in [-0.2, -0.15) is 0 Å². The van der Waals surface area contributed by atoms with Crippen molar-refractivity contribution in [3.63, 3.8) is 0 Å². The molecule has 0 bridgehead atoms. The Balaban J connectivity index is 1.75. The molecule has 41 heavy (non-hydrogen) atoms. The summed E-state index contributed by atoms with van der Waals surface area (Å²) in [5, 5.41) is 10.3. The standard InChI is InChI=1S/C30H34N4O6S/c1-31(2)20-13-15-24-26(18-20)40-27-19-21(32(3)4)14-16-25(27)30(24)23-11-8-7-10-22(23)29(37)34(30)33(41(38)39)17-9-5-6-12-28(35)36/h7-8,10-11,13-16,18-19H,5-6,9,12,17H2,1-4H3,(H,35,36)(H,38,39)/p-1. The van der Waals surface area contributed by atoms with Crippen molar-refractivity contribution in [3.8, 4) is 11.5 Å². The van der Waals surface area contributed by atoms with E-state index in [1.165, 1.54) is 5.01 Å². The lowest BCUT2D eigenvalue weighted by Crippen LogP contribution is -2.56. The number of unbranched alkanes of at least 4 members (excludes halogenated alkanes) is 2. The highest BCUT2D eigenvalue weighted by molar-refractivity contribution is 7.76. The molecule has 0 saturated carbocycles. The minimum Gasteiger partial charge on any atom is -0.758 e. The van der Waals surface area contributed by atoms with Crippen molar-refractivity contribution in [1.82, 2.24) is 9.42 Å². The SMILES string of the molecule is CN(C)c1ccc2c(c1)Oc1cc(N(C)C)ccc1C21c2ccccc2C(=O)N1N(CCCCCC(=O)O)S(=O)[O-]. The third kappa shape index (κ3) is 4.83. The molecule has 2 aliphatic rings. The zero-order chi connectivity index (χ0) is 29.5. The minimum absolute atomic E-state index is 0.000998. The van der Waals surface area contributed by atoms with Gasteiger partial charge in [-0.15, -0.1) is 4.41 Å². The Bertz CT molecular complexity index is 1470. The number of benzene rings is 3. The van der Waals surface area contributed by atoms with Crippen molar-refractivity contribution < 1.29 is 28.2 Å². The summed E-state index contributed by atoms with van der Waals surface area (Å²) in [6.45, 7) is 0.00823. The molecule has 0 aliphatic carbocycles. The summed E-state index contributed by atoms with van der Waals surface area (Å²) < 4.78 is 33.4. The van der Waals surface area contributed by atoms with E-state index >= 15 is 0 Å². The maximum atomic E-state index is 14.2. The van der Waals surface area contributed by atoms with Gasteiger partial charge in [0.2, 0.25) is 0 Å². The summed E-state index contributed by atoms with van der Waals surface area (Å²) in [6.07, 6.45) is 1.29. The molecule has 11 heteroatoms. The second kappa shape index (κ2) is 11.2. The molecule has 2 aliphatic heterocycles. The first-order valence-electron chi connectivity index (χ1n) is 13.4. The van der Waals surface area contributed by atoms with Gasteiger partial charge in [0.15, 0.2) is 0 Å². The number of hydrazine groups is 1. The summed E-state index contributed by atoms with van der Waals surface area (Å²) in [6, 6.07) is 18.6. The van der Waals surface area contributed by atoms with Crippen LogP contribution < -0.4 is 14.5 Å². The molecule has 1 spiro atoms. The predicted octanol–water partition coefficient (Wildman–Crippen LogP) is 4.33. The van der Waals surface area contributed by atoms with Crippen LogP contribution in [0.1, 0.15) is 52.7 Å². The van der Waals surface area contributed by atoms with Gasteiger partial charge in [0.05, 0.1) is 0 Å². The van der Waals surface area contributed by atoms with E-state index in [0.717, 1.165) is 15.8 Å². The first-order chi connectivity index (χ1) is 19.6. The highest BCUT2D eigenvalue weighted by Gasteiger charge is 2.58. The summed E-state index contributed by atoms with van der Waals surface area (Å²) in [7, 11) is 7.69. The molecule has 1 N–H and O–H groups in total. The predicted molar refractivity (Wildman–Crippen MR) is 156 cm³/mol. The smallest absolute Gasteiger partial charge is 0.303 e. The number of carboxylic acids is 1. The van der Waals surface area contributed by atoms with Crippen LogP contribution in [-0.2, 0) is 21.6 Å². The topological polar surface area (TPSA) is 117 Å². The van der Waals surface area contributed by atoms with Crippen LogP contribution >= 0.6 is 0 Å². The zero-order valence-corrected chi connectivity index (χ0v) is 24.3. The Labute approximate surface area is 242 Å². The Hall–Kier alpha value is -3.93. The van der Waals surface area contributed by atoms with Crippen molar-refractivity contribution in [2.75, 3.05) is 44.5 Å². The molecular weight excluding hydrogens is 544 g/mol. The van der Waals surface area contributed by atoms with E-state index in [9.17, 15) is 18.4 Å². The number of anilines is 2. The third-order valence-electron chi connectivity index (χ3n) is 7.66. The quantitative estimate of drug-likeness (QED) is 0.280. The lowest BCUT2D eigenvalue weighted by Gasteiger charge is -2.48. The normalized spacial score (nSPS) is 15.3. The number of rotatable bonds is 10. The van der Waals surface area contributed by atoms with Gasteiger partial charge in [-0.3, -0.25) is 13.8 Å². The number of nitrogens with zero attached hydrogens (tertiary/aromatic N) is 4. The van der Waals surface area contributed by atoms with E-state index in [0.29, 0.717) is 53.0 Å². The molecule has 3 aromatic carbocycles. The van der Waals surface area contributed by atoms with Gasteiger partial charge in [-0.1, -0.05) is 36.8 Å². The molecule has 1 atom stereocenters. The fourth-order valence-corrected chi connectivity index (χ4v) is 6.31. The number of hydrogen-bond acceptors (Lipinski definition) is 7. The summed E-state index contributed by atoms with van der Waals surface area (Å²) in [5.41, 5.74) is 2.80. The number of aliphatic carboxylic acids is 1. The van der Waals surface area contributed by atoms with Gasteiger partial charge in [0, 0.05) is 98.2 Å². The number of carbonyl (C=O) groups is 2. The van der Waals surface area contributed by atoms with Crippen LogP contribution in [0.25, 0.3) is 0 Å². The highest BCUT2D eigenvalue weighted by atomic mass is 32.2. The van der Waals surface area contributed by atoms with Crippen LogP contribution in [0.4, 0.5) is 11.4 Å². The highest BCUT2D eigenvalue weighted by Crippen LogP contribution is 2.58. The molecule has 1 unspecified atom stereocenters. The molecule has 0 saturated heterocycles. The molecule has 5 rings (SSSR count). The number of carboxylic acid groups (broad SMARTS) is 1. The van der Waals surface area contributed by atoms with Crippen molar-refractivity contribution >= 4 is 34.5 Å². The Morgan fingerprint density at radius 3 is 2.02 bits per heavy atom. The Kier molecular flexibility index (Phi) is 7.78. The molecule has 0 aromatic heterocycles. The van der Waals surface area contributed by atoms with Gasteiger partial charge < -0.3 is 24.2 Å². The fraction of sp³-hybridized carbons (Fsp3) is 0.333. The van der Waals surface area contributed by atoms with Gasteiger partial charge in [0.25, 0.3) is 5.91 Å². The van der Waals surface area contributed by atoms with Crippen molar-refractivity contribution in [2.24, 2.45) is 0 Å². The number of amides is 1. The summed E-state index contributed by atoms with van der Waals surface area (Å²) >= 11 is -2.81. The molecule has 1 amide bonds. The molecule has 216 valence electrons. The van der Waals surface area contributed by atoms with E-state index in [2.05, 4.69) is 0 Å². The van der Waals surface area contributed by atoms with Crippen LogP contribution in [0.3, 0.4) is 0 Å². The largest absolute Gasteiger partial charge is 0.758 e. The summed E-state index contributed by atoms with van der Waals surface area (Å²) in [5.74, 6) is -0.301. The molecule has 0 fully saturated rings. The van der Waals surface area contributed by atoms with Crippen molar-refractivity contribution in [3.05, 3.63) is 82.9 Å². The minimum atomic E-state index is -2.81. The molecule has 10 nitrogen and oxygen atoms in total. The molecule has 2 heterocycles. The number of ether oxygens (including phenoxy) is 1. The number of carbonyl (C=O) groups excluding carboxylic acids is 1. The maximum absolute atomic E-state index is 14.2. The van der Waals surface area contributed by atoms with E-state index in [4.69, 9.17) is 9.84 Å². The fourth-order valence-electron chi connectivity index (χ4n) is 5.70. The van der Waals surface area contributed by atoms with Gasteiger partial charge in [-0.25, -0.2) is 5.01 Å². The van der Waals surface area contributed by atoms with E-state index < -0.39 is 28.7 Å². The van der Waals surface area contributed by atoms with Crippen LogP contribution in [0.5, 0.6) is 11.5 Å². The van der Waals surface area contributed by atoms with Crippen LogP contribution in [0, 0.1) is 0 Å². The Morgan fingerprint density at radius 2 is 1.49 bits per heavy atom. The van der Waals surface area contributed by atoms with E-state index in [-0.39, 0.29) is 13.0 Å². The van der Waals surface area contributed by atoms with Crippen LogP contribution in [0.2, 0.25) is 0 Å². The van der Waals surface area contributed by atoms with Crippen molar-refractivity contribution in [2.45, 2.75) is 31.2 Å². The number of hydrogen-bond donors (Lipinski definition) is 1. The van der Waals surface area contributed by atoms with Crippen molar-refractivity contribution in [1.29, 1.82) is 0 Å². The second-order valence-electron chi connectivity index (χ2n) is 10.6. The van der Waals surface area contributed by atoms with Crippen LogP contribution in [0.15, 0.2) is 60.7 Å². The first kappa shape index (κ1) is 28.6. The van der Waals surface area contributed by atoms with Gasteiger partial charge in [0.1, 0.15) is 17.0 Å². The van der Waals surface area contributed by atoms with E-state index in [1.807, 2.05) is 86.5 Å². The molecular formula is C30H33N4O6S-. The average molecular weight is 578 g/mol. The zero-order valence-electron chi connectivity index (χ0n) is 23.5. The monoisotopic (exact) mass is 577 g/mol. The lowest BCUT2D eigenvalue weighted by atomic mass is 9.75. The number of fused-ring (bicyclic) bond motifs is 6. The molecule has 3 aromatic rings. The van der Waals surface area contributed by atoms with Gasteiger partial charge in [-0.05, 0) is 31.0 Å². The maximum Gasteiger partial charge on any atom is 0.303 e. The average Bonchev–Trinajstić information content (AvgIpc) is 3.18. The van der Waals surface area contributed by atoms with Gasteiger partial charge >= 0.3 is 5.97 Å². The molecule has 0 radical (unpaired) electrons.